The average Bonchev–Trinajstić information content (AvgIpc) is 2.28. The first-order valence-electron chi connectivity index (χ1n) is 5.37. The van der Waals surface area contributed by atoms with Gasteiger partial charge in [-0.15, -0.1) is 0 Å². The molecule has 1 rings (SSSR count). The fourth-order valence-electron chi connectivity index (χ4n) is 1.64. The minimum atomic E-state index is -0.144. The van der Waals surface area contributed by atoms with Crippen LogP contribution >= 0.6 is 27.7 Å². The van der Waals surface area contributed by atoms with Crippen molar-refractivity contribution in [3.05, 3.63) is 34.1 Å². The monoisotopic (exact) mass is 305 g/mol. The van der Waals surface area contributed by atoms with Crippen LogP contribution in [-0.2, 0) is 0 Å². The largest absolute Gasteiger partial charge is 0.310 e. The molecule has 0 aliphatic carbocycles. The zero-order valence-corrected chi connectivity index (χ0v) is 12.0. The molecule has 1 atom stereocenters. The van der Waals surface area contributed by atoms with E-state index in [0.29, 0.717) is 4.47 Å². The Hall–Kier alpha value is -0.0600. The van der Waals surface area contributed by atoms with E-state index in [-0.39, 0.29) is 11.9 Å². The number of thioether (sulfide) groups is 1. The quantitative estimate of drug-likeness (QED) is 0.853. The van der Waals surface area contributed by atoms with Gasteiger partial charge >= 0.3 is 0 Å². The molecule has 0 saturated carbocycles. The molecule has 0 radical (unpaired) electrons. The first-order valence-corrected chi connectivity index (χ1v) is 7.55. The minimum Gasteiger partial charge on any atom is -0.310 e. The summed E-state index contributed by atoms with van der Waals surface area (Å²) in [6.45, 7) is 2.90. The van der Waals surface area contributed by atoms with E-state index in [9.17, 15) is 4.39 Å². The van der Waals surface area contributed by atoms with E-state index < -0.39 is 0 Å². The lowest BCUT2D eigenvalue weighted by Gasteiger charge is -2.19. The van der Waals surface area contributed by atoms with E-state index in [1.165, 1.54) is 0 Å². The summed E-state index contributed by atoms with van der Waals surface area (Å²) >= 11 is 5.01. The van der Waals surface area contributed by atoms with Crippen molar-refractivity contribution in [1.82, 2.24) is 5.32 Å². The molecule has 0 heterocycles. The zero-order chi connectivity index (χ0) is 12.0. The van der Waals surface area contributed by atoms with E-state index in [2.05, 4.69) is 27.5 Å². The molecule has 1 nitrogen and oxygen atoms in total. The Kier molecular flexibility index (Phi) is 6.39. The van der Waals surface area contributed by atoms with Gasteiger partial charge in [-0.25, -0.2) is 4.39 Å². The maximum absolute atomic E-state index is 13.9. The van der Waals surface area contributed by atoms with Crippen molar-refractivity contribution in [2.45, 2.75) is 19.4 Å². The van der Waals surface area contributed by atoms with Crippen LogP contribution in [0.3, 0.4) is 0 Å². The molecular formula is C12H17BrFNS. The second-order valence-corrected chi connectivity index (χ2v) is 5.37. The van der Waals surface area contributed by atoms with Gasteiger partial charge in [-0.3, -0.25) is 0 Å². The molecule has 0 aliphatic heterocycles. The molecule has 0 aromatic heterocycles. The number of rotatable bonds is 6. The van der Waals surface area contributed by atoms with Crippen LogP contribution in [0.4, 0.5) is 4.39 Å². The van der Waals surface area contributed by atoms with Gasteiger partial charge in [0.15, 0.2) is 0 Å². The second kappa shape index (κ2) is 7.30. The summed E-state index contributed by atoms with van der Waals surface area (Å²) in [7, 11) is 0. The van der Waals surface area contributed by atoms with Crippen molar-refractivity contribution in [3.8, 4) is 0 Å². The SMILES string of the molecule is CCNC(CCSC)c1cccc(Br)c1F. The summed E-state index contributed by atoms with van der Waals surface area (Å²) < 4.78 is 14.4. The van der Waals surface area contributed by atoms with Crippen molar-refractivity contribution >= 4 is 27.7 Å². The van der Waals surface area contributed by atoms with Gasteiger partial charge in [0.25, 0.3) is 0 Å². The van der Waals surface area contributed by atoms with Crippen molar-refractivity contribution in [2.75, 3.05) is 18.6 Å². The van der Waals surface area contributed by atoms with Crippen LogP contribution in [0.5, 0.6) is 0 Å². The molecule has 1 unspecified atom stereocenters. The van der Waals surface area contributed by atoms with Gasteiger partial charge in [0, 0.05) is 11.6 Å². The number of hydrogen-bond donors (Lipinski definition) is 1. The molecule has 0 bridgehead atoms. The lowest BCUT2D eigenvalue weighted by molar-refractivity contribution is 0.501. The Labute approximate surface area is 109 Å². The highest BCUT2D eigenvalue weighted by Gasteiger charge is 2.15. The molecule has 1 aromatic carbocycles. The van der Waals surface area contributed by atoms with Crippen LogP contribution in [0, 0.1) is 5.82 Å². The highest BCUT2D eigenvalue weighted by molar-refractivity contribution is 9.10. The third-order valence-corrected chi connectivity index (χ3v) is 3.67. The van der Waals surface area contributed by atoms with Crippen LogP contribution in [0.25, 0.3) is 0 Å². The smallest absolute Gasteiger partial charge is 0.142 e. The van der Waals surface area contributed by atoms with Crippen molar-refractivity contribution in [2.24, 2.45) is 0 Å². The van der Waals surface area contributed by atoms with E-state index in [4.69, 9.17) is 0 Å². The average molecular weight is 306 g/mol. The molecule has 1 N–H and O–H groups in total. The minimum absolute atomic E-state index is 0.106. The summed E-state index contributed by atoms with van der Waals surface area (Å²) in [5.74, 6) is 0.887. The lowest BCUT2D eigenvalue weighted by Crippen LogP contribution is -2.22. The zero-order valence-electron chi connectivity index (χ0n) is 9.59. The predicted molar refractivity (Wildman–Crippen MR) is 73.5 cm³/mol. The molecular weight excluding hydrogens is 289 g/mol. The van der Waals surface area contributed by atoms with Crippen LogP contribution < -0.4 is 5.32 Å². The number of hydrogen-bond acceptors (Lipinski definition) is 2. The third-order valence-electron chi connectivity index (χ3n) is 2.42. The molecule has 0 aliphatic rings. The van der Waals surface area contributed by atoms with E-state index in [0.717, 1.165) is 24.3 Å². The Balaban J connectivity index is 2.86. The van der Waals surface area contributed by atoms with Gasteiger partial charge in [-0.1, -0.05) is 19.1 Å². The summed E-state index contributed by atoms with van der Waals surface area (Å²) in [5, 5.41) is 3.33. The van der Waals surface area contributed by atoms with Crippen molar-refractivity contribution < 1.29 is 4.39 Å². The number of benzene rings is 1. The standard InChI is InChI=1S/C12H17BrFNS/c1-3-15-11(7-8-16-2)9-5-4-6-10(13)12(9)14/h4-6,11,15H,3,7-8H2,1-2H3. The van der Waals surface area contributed by atoms with Crippen molar-refractivity contribution in [1.29, 1.82) is 0 Å². The van der Waals surface area contributed by atoms with Gasteiger partial charge in [0.1, 0.15) is 5.82 Å². The van der Waals surface area contributed by atoms with Gasteiger partial charge < -0.3 is 5.32 Å². The molecule has 16 heavy (non-hydrogen) atoms. The molecule has 1 aromatic rings. The van der Waals surface area contributed by atoms with E-state index in [1.54, 1.807) is 17.8 Å². The van der Waals surface area contributed by atoms with Crippen LogP contribution in [0.15, 0.2) is 22.7 Å². The molecule has 0 amide bonds. The first kappa shape index (κ1) is 14.0. The number of halogens is 2. The molecule has 90 valence electrons. The third kappa shape index (κ3) is 3.75. The Bertz CT molecular complexity index is 333. The fourth-order valence-corrected chi connectivity index (χ4v) is 2.49. The second-order valence-electron chi connectivity index (χ2n) is 3.53. The fraction of sp³-hybridized carbons (Fsp3) is 0.500. The molecule has 4 heteroatoms. The van der Waals surface area contributed by atoms with E-state index >= 15 is 0 Å². The normalized spacial score (nSPS) is 12.8. The summed E-state index contributed by atoms with van der Waals surface area (Å²) in [4.78, 5) is 0. The van der Waals surface area contributed by atoms with Gasteiger partial charge in [-0.05, 0) is 47.0 Å². The van der Waals surface area contributed by atoms with Crippen molar-refractivity contribution in [3.63, 3.8) is 0 Å². The summed E-state index contributed by atoms with van der Waals surface area (Å²) in [6, 6.07) is 5.57. The maximum Gasteiger partial charge on any atom is 0.142 e. The predicted octanol–water partition coefficient (Wildman–Crippen LogP) is 3.99. The molecule has 0 saturated heterocycles. The van der Waals surface area contributed by atoms with E-state index in [1.807, 2.05) is 19.1 Å². The highest BCUT2D eigenvalue weighted by Crippen LogP contribution is 2.26. The maximum atomic E-state index is 13.9. The molecule has 0 spiro atoms. The van der Waals surface area contributed by atoms with Gasteiger partial charge in [0.2, 0.25) is 0 Å². The van der Waals surface area contributed by atoms with Crippen LogP contribution in [0.1, 0.15) is 24.9 Å². The van der Waals surface area contributed by atoms with Crippen LogP contribution in [0.2, 0.25) is 0 Å². The van der Waals surface area contributed by atoms with Gasteiger partial charge in [0.05, 0.1) is 4.47 Å². The lowest BCUT2D eigenvalue weighted by atomic mass is 10.0. The summed E-state index contributed by atoms with van der Waals surface area (Å²) in [6.07, 6.45) is 3.02. The topological polar surface area (TPSA) is 12.0 Å². The van der Waals surface area contributed by atoms with Gasteiger partial charge in [-0.2, -0.15) is 11.8 Å². The Morgan fingerprint density at radius 1 is 1.50 bits per heavy atom. The van der Waals surface area contributed by atoms with Crippen LogP contribution in [-0.4, -0.2) is 18.6 Å². The number of nitrogens with one attached hydrogen (secondary N) is 1. The highest BCUT2D eigenvalue weighted by atomic mass is 79.9. The summed E-state index contributed by atoms with van der Waals surface area (Å²) in [5.41, 5.74) is 0.755. The Morgan fingerprint density at radius 2 is 2.25 bits per heavy atom. The Morgan fingerprint density at radius 3 is 2.88 bits per heavy atom. The molecule has 0 fully saturated rings. The first-order chi connectivity index (χ1) is 7.70.